The van der Waals surface area contributed by atoms with Crippen LogP contribution in [0.1, 0.15) is 71.1 Å². The van der Waals surface area contributed by atoms with E-state index in [0.717, 1.165) is 31.2 Å². The van der Waals surface area contributed by atoms with Gasteiger partial charge in [-0.2, -0.15) is 5.10 Å². The van der Waals surface area contributed by atoms with Gasteiger partial charge in [0.2, 0.25) is 0 Å². The van der Waals surface area contributed by atoms with E-state index in [1.807, 2.05) is 31.6 Å². The predicted molar refractivity (Wildman–Crippen MR) is 167 cm³/mol. The van der Waals surface area contributed by atoms with E-state index in [-0.39, 0.29) is 39.8 Å². The number of ether oxygens (including phenoxy) is 2. The summed E-state index contributed by atoms with van der Waals surface area (Å²) in [5.74, 6) is -0.110. The van der Waals surface area contributed by atoms with Crippen molar-refractivity contribution in [3.05, 3.63) is 58.2 Å². The van der Waals surface area contributed by atoms with Crippen molar-refractivity contribution < 1.29 is 23.5 Å². The van der Waals surface area contributed by atoms with Gasteiger partial charge < -0.3 is 19.3 Å². The second kappa shape index (κ2) is 13.2. The summed E-state index contributed by atoms with van der Waals surface area (Å²) in [6.45, 7) is 9.75. The van der Waals surface area contributed by atoms with E-state index >= 15 is 0 Å². The highest BCUT2D eigenvalue weighted by molar-refractivity contribution is 6.36. The largest absolute Gasteiger partial charge is 0.482 e. The van der Waals surface area contributed by atoms with Crippen LogP contribution in [0.4, 0.5) is 19.8 Å². The zero-order chi connectivity index (χ0) is 31.6. The first-order chi connectivity index (χ1) is 20.9. The minimum Gasteiger partial charge on any atom is -0.482 e. The molecule has 4 heterocycles. The summed E-state index contributed by atoms with van der Waals surface area (Å²) >= 11 is 12.6. The maximum Gasteiger partial charge on any atom is 0.410 e. The molecule has 3 aromatic rings. The van der Waals surface area contributed by atoms with Crippen LogP contribution in [0.15, 0.2) is 36.8 Å². The van der Waals surface area contributed by atoms with Gasteiger partial charge in [0, 0.05) is 60.3 Å². The van der Waals surface area contributed by atoms with Crippen molar-refractivity contribution in [1.82, 2.24) is 24.6 Å². The number of rotatable bonds is 6. The number of anilines is 1. The number of pyridine rings is 1. The van der Waals surface area contributed by atoms with Crippen LogP contribution in [0.3, 0.4) is 0 Å². The molecule has 2 saturated heterocycles. The lowest BCUT2D eigenvalue weighted by atomic mass is 10.1. The Bertz CT molecular complexity index is 1510. The standard InChI is InChI=1S/C31H37Cl2FN6O4/c1-19(26-23(32)7-8-24(34)27(26)33)43-25-15-20(16-35-28(25)37-29(41)38-11-5-6-12-38)21-17-36-40(18-21)22-9-13-39(14-10-22)30(42)44-31(2,3)4/h7-8,15-19,22H,5-6,9-14H2,1-4H3,(H,35,37,41)/t19-/m1/s1. The molecule has 0 spiro atoms. The van der Waals surface area contributed by atoms with Gasteiger partial charge in [-0.3, -0.25) is 10.00 Å². The van der Waals surface area contributed by atoms with Gasteiger partial charge in [0.1, 0.15) is 17.5 Å². The maximum absolute atomic E-state index is 14.3. The first kappa shape index (κ1) is 31.8. The number of aromatic nitrogens is 3. The first-order valence-corrected chi connectivity index (χ1v) is 15.5. The fourth-order valence-corrected chi connectivity index (χ4v) is 6.06. The molecule has 13 heteroatoms. The van der Waals surface area contributed by atoms with Crippen molar-refractivity contribution in [2.45, 2.75) is 71.1 Å². The predicted octanol–water partition coefficient (Wildman–Crippen LogP) is 7.73. The number of halogens is 3. The third kappa shape index (κ3) is 7.38. The Hall–Kier alpha value is -3.57. The molecule has 0 unspecified atom stereocenters. The van der Waals surface area contributed by atoms with Crippen LogP contribution < -0.4 is 10.1 Å². The lowest BCUT2D eigenvalue weighted by Gasteiger charge is -2.33. The summed E-state index contributed by atoms with van der Waals surface area (Å²) in [5.41, 5.74) is 1.26. The number of piperidine rings is 1. The fraction of sp³-hybridized carbons (Fsp3) is 0.484. The molecule has 3 amide bonds. The van der Waals surface area contributed by atoms with Gasteiger partial charge in [-0.05, 0) is 71.6 Å². The van der Waals surface area contributed by atoms with Gasteiger partial charge in [0.25, 0.3) is 0 Å². The molecule has 2 aliphatic rings. The molecule has 0 saturated carbocycles. The van der Waals surface area contributed by atoms with E-state index < -0.39 is 17.5 Å². The minimum absolute atomic E-state index is 0.113. The molecular formula is C31H37Cl2FN6O4. The minimum atomic E-state index is -0.761. The van der Waals surface area contributed by atoms with E-state index in [4.69, 9.17) is 32.7 Å². The topological polar surface area (TPSA) is 102 Å². The number of carbonyl (C=O) groups excluding carboxylic acids is 2. The van der Waals surface area contributed by atoms with Gasteiger partial charge in [-0.15, -0.1) is 0 Å². The highest BCUT2D eigenvalue weighted by atomic mass is 35.5. The normalized spacial score (nSPS) is 16.6. The zero-order valence-corrected chi connectivity index (χ0v) is 26.8. The average Bonchev–Trinajstić information content (AvgIpc) is 3.69. The summed E-state index contributed by atoms with van der Waals surface area (Å²) in [4.78, 5) is 33.4. The van der Waals surface area contributed by atoms with E-state index in [1.165, 1.54) is 12.1 Å². The molecule has 2 aromatic heterocycles. The van der Waals surface area contributed by atoms with Crippen molar-refractivity contribution in [1.29, 1.82) is 0 Å². The number of likely N-dealkylation sites (tertiary alicyclic amines) is 2. The van der Waals surface area contributed by atoms with Gasteiger partial charge in [0.15, 0.2) is 11.6 Å². The molecule has 2 aliphatic heterocycles. The summed E-state index contributed by atoms with van der Waals surface area (Å²) in [6, 6.07) is 4.23. The number of nitrogens with one attached hydrogen (secondary N) is 1. The monoisotopic (exact) mass is 646 g/mol. The summed E-state index contributed by atoms with van der Waals surface area (Å²) < 4.78 is 28.0. The number of amides is 3. The fourth-order valence-electron chi connectivity index (χ4n) is 5.38. The van der Waals surface area contributed by atoms with E-state index in [2.05, 4.69) is 15.4 Å². The van der Waals surface area contributed by atoms with Crippen molar-refractivity contribution in [3.8, 4) is 16.9 Å². The Labute approximate surface area is 266 Å². The van der Waals surface area contributed by atoms with Crippen LogP contribution >= 0.6 is 23.2 Å². The quantitative estimate of drug-likeness (QED) is 0.275. The van der Waals surface area contributed by atoms with Crippen molar-refractivity contribution in [2.75, 3.05) is 31.5 Å². The number of benzene rings is 1. The number of carbonyl (C=O) groups is 2. The molecule has 2 fully saturated rings. The molecule has 0 aliphatic carbocycles. The van der Waals surface area contributed by atoms with Gasteiger partial charge in [0.05, 0.1) is 17.3 Å². The number of hydrogen-bond acceptors (Lipinski definition) is 6. The van der Waals surface area contributed by atoms with E-state index in [0.29, 0.717) is 37.3 Å². The van der Waals surface area contributed by atoms with Gasteiger partial charge >= 0.3 is 12.1 Å². The van der Waals surface area contributed by atoms with Crippen LogP contribution in [0, 0.1) is 5.82 Å². The van der Waals surface area contributed by atoms with Gasteiger partial charge in [-0.25, -0.2) is 19.0 Å². The summed E-state index contributed by atoms with van der Waals surface area (Å²) in [5, 5.41) is 7.59. The molecule has 0 radical (unpaired) electrons. The second-order valence-corrected chi connectivity index (χ2v) is 12.9. The molecule has 10 nitrogen and oxygen atoms in total. The van der Waals surface area contributed by atoms with Crippen LogP contribution in [0.2, 0.25) is 10.0 Å². The highest BCUT2D eigenvalue weighted by Crippen LogP contribution is 2.38. The van der Waals surface area contributed by atoms with Crippen LogP contribution in [0.25, 0.3) is 11.1 Å². The maximum atomic E-state index is 14.3. The number of nitrogens with zero attached hydrogens (tertiary/aromatic N) is 5. The Morgan fingerprint density at radius 1 is 1.05 bits per heavy atom. The molecule has 1 atom stereocenters. The summed E-state index contributed by atoms with van der Waals surface area (Å²) in [6.07, 6.45) is 7.62. The average molecular weight is 648 g/mol. The summed E-state index contributed by atoms with van der Waals surface area (Å²) in [7, 11) is 0. The molecule has 1 aromatic carbocycles. The third-order valence-corrected chi connectivity index (χ3v) is 8.40. The van der Waals surface area contributed by atoms with E-state index in [9.17, 15) is 14.0 Å². The Balaban J connectivity index is 1.36. The van der Waals surface area contributed by atoms with Crippen LogP contribution in [0.5, 0.6) is 5.75 Å². The molecule has 1 N–H and O–H groups in total. The Morgan fingerprint density at radius 2 is 1.75 bits per heavy atom. The number of urea groups is 1. The van der Waals surface area contributed by atoms with E-state index in [1.54, 1.807) is 35.2 Å². The smallest absolute Gasteiger partial charge is 0.410 e. The van der Waals surface area contributed by atoms with Crippen LogP contribution in [-0.4, -0.2) is 68.5 Å². The van der Waals surface area contributed by atoms with Crippen molar-refractivity contribution in [2.24, 2.45) is 0 Å². The first-order valence-electron chi connectivity index (χ1n) is 14.8. The van der Waals surface area contributed by atoms with Crippen molar-refractivity contribution in [3.63, 3.8) is 0 Å². The SMILES string of the molecule is C[C@@H](Oc1cc(-c2cnn(C3CCN(C(=O)OC(C)(C)C)CC3)c2)cnc1NC(=O)N1CCCC1)c1c(Cl)ccc(F)c1Cl. The van der Waals surface area contributed by atoms with Crippen molar-refractivity contribution >= 4 is 41.1 Å². The zero-order valence-electron chi connectivity index (χ0n) is 25.3. The van der Waals surface area contributed by atoms with Crippen LogP contribution in [-0.2, 0) is 4.74 Å². The molecule has 236 valence electrons. The number of hydrogen-bond donors (Lipinski definition) is 1. The molecule has 5 rings (SSSR count). The molecule has 0 bridgehead atoms. The lowest BCUT2D eigenvalue weighted by molar-refractivity contribution is 0.0184. The molecule has 44 heavy (non-hydrogen) atoms. The lowest BCUT2D eigenvalue weighted by Crippen LogP contribution is -2.42. The van der Waals surface area contributed by atoms with Gasteiger partial charge in [-0.1, -0.05) is 23.2 Å². The Morgan fingerprint density at radius 3 is 2.43 bits per heavy atom. The highest BCUT2D eigenvalue weighted by Gasteiger charge is 2.28. The molecular weight excluding hydrogens is 610 g/mol. The third-order valence-electron chi connectivity index (χ3n) is 7.69. The Kier molecular flexibility index (Phi) is 9.55. The second-order valence-electron chi connectivity index (χ2n) is 12.1.